The van der Waals surface area contributed by atoms with Gasteiger partial charge in [-0.3, -0.25) is 4.90 Å². The minimum absolute atomic E-state index is 0.842. The minimum Gasteiger partial charge on any atom is -0.379 e. The van der Waals surface area contributed by atoms with Crippen LogP contribution >= 0.6 is 0 Å². The van der Waals surface area contributed by atoms with Crippen molar-refractivity contribution >= 4 is 11.5 Å². The average molecular weight is 437 g/mol. The van der Waals surface area contributed by atoms with Gasteiger partial charge in [-0.2, -0.15) is 0 Å². The van der Waals surface area contributed by atoms with Crippen LogP contribution in [0.15, 0.2) is 30.5 Å². The number of fused-ring (bicyclic) bond motifs is 1. The molecule has 5 rings (SSSR count). The van der Waals surface area contributed by atoms with E-state index < -0.39 is 0 Å². The summed E-state index contributed by atoms with van der Waals surface area (Å²) in [5.41, 5.74) is 3.69. The van der Waals surface area contributed by atoms with E-state index in [-0.39, 0.29) is 0 Å². The SMILES string of the molecule is CN1CCN(c2ccc(-c3ncc4c(n3)N(CCCCN3CCOCC3)CC4)cc2)CC1. The van der Waals surface area contributed by atoms with Crippen molar-refractivity contribution in [3.8, 4) is 11.4 Å². The van der Waals surface area contributed by atoms with Gasteiger partial charge in [0.15, 0.2) is 5.82 Å². The number of aromatic nitrogens is 2. The first kappa shape index (κ1) is 21.6. The summed E-state index contributed by atoms with van der Waals surface area (Å²) < 4.78 is 5.45. The maximum absolute atomic E-state index is 5.45. The van der Waals surface area contributed by atoms with Gasteiger partial charge >= 0.3 is 0 Å². The van der Waals surface area contributed by atoms with Gasteiger partial charge in [-0.05, 0) is 57.1 Å². The highest BCUT2D eigenvalue weighted by molar-refractivity contribution is 5.63. The predicted molar refractivity (Wildman–Crippen MR) is 130 cm³/mol. The van der Waals surface area contributed by atoms with Crippen LogP contribution in [-0.4, -0.2) is 98.9 Å². The summed E-state index contributed by atoms with van der Waals surface area (Å²) in [5.74, 6) is 1.98. The Morgan fingerprint density at radius 2 is 1.62 bits per heavy atom. The first-order valence-corrected chi connectivity index (χ1v) is 12.2. The molecule has 1 aromatic carbocycles. The van der Waals surface area contributed by atoms with Gasteiger partial charge in [0.05, 0.1) is 13.2 Å². The molecule has 0 radical (unpaired) electrons. The molecule has 3 aliphatic heterocycles. The third kappa shape index (κ3) is 5.05. The molecule has 0 spiro atoms. The lowest BCUT2D eigenvalue weighted by molar-refractivity contribution is 0.0372. The molecule has 7 heteroatoms. The van der Waals surface area contributed by atoms with Crippen molar-refractivity contribution in [2.24, 2.45) is 0 Å². The molecule has 0 atom stereocenters. The lowest BCUT2D eigenvalue weighted by atomic mass is 10.1. The number of unbranched alkanes of at least 4 members (excludes halogenated alkanes) is 1. The average Bonchev–Trinajstić information content (AvgIpc) is 3.25. The van der Waals surface area contributed by atoms with E-state index in [1.54, 1.807) is 0 Å². The van der Waals surface area contributed by atoms with Crippen LogP contribution in [0.3, 0.4) is 0 Å². The molecule has 2 saturated heterocycles. The van der Waals surface area contributed by atoms with Crippen LogP contribution in [-0.2, 0) is 11.2 Å². The standard InChI is InChI=1S/C25H36N6O/c1-28-12-14-30(15-13-28)23-6-4-21(5-7-23)24-26-20-22-8-11-31(25(22)27-24)10-3-2-9-29-16-18-32-19-17-29/h4-7,20H,2-3,8-19H2,1H3. The molecule has 3 aliphatic rings. The zero-order chi connectivity index (χ0) is 21.8. The van der Waals surface area contributed by atoms with Crippen molar-refractivity contribution < 1.29 is 4.74 Å². The van der Waals surface area contributed by atoms with Gasteiger partial charge in [-0.1, -0.05) is 0 Å². The van der Waals surface area contributed by atoms with Crippen molar-refractivity contribution in [1.82, 2.24) is 19.8 Å². The van der Waals surface area contributed by atoms with Gasteiger partial charge in [-0.15, -0.1) is 0 Å². The van der Waals surface area contributed by atoms with Crippen LogP contribution in [0, 0.1) is 0 Å². The molecule has 7 nitrogen and oxygen atoms in total. The van der Waals surface area contributed by atoms with Crippen LogP contribution in [0.2, 0.25) is 0 Å². The van der Waals surface area contributed by atoms with Crippen molar-refractivity contribution in [2.45, 2.75) is 19.3 Å². The van der Waals surface area contributed by atoms with Crippen LogP contribution in [0.25, 0.3) is 11.4 Å². The molecule has 32 heavy (non-hydrogen) atoms. The number of rotatable bonds is 7. The minimum atomic E-state index is 0.842. The second-order valence-electron chi connectivity index (χ2n) is 9.28. The van der Waals surface area contributed by atoms with E-state index in [9.17, 15) is 0 Å². The van der Waals surface area contributed by atoms with E-state index in [0.717, 1.165) is 89.2 Å². The molecule has 2 aromatic rings. The van der Waals surface area contributed by atoms with E-state index in [1.165, 1.54) is 30.6 Å². The lowest BCUT2D eigenvalue weighted by Gasteiger charge is -2.34. The molecule has 0 N–H and O–H groups in total. The molecular weight excluding hydrogens is 400 g/mol. The van der Waals surface area contributed by atoms with Crippen molar-refractivity contribution in [3.05, 3.63) is 36.0 Å². The van der Waals surface area contributed by atoms with Crippen molar-refractivity contribution in [3.63, 3.8) is 0 Å². The zero-order valence-corrected chi connectivity index (χ0v) is 19.4. The fraction of sp³-hybridized carbons (Fsp3) is 0.600. The van der Waals surface area contributed by atoms with Crippen LogP contribution in [0.4, 0.5) is 11.5 Å². The van der Waals surface area contributed by atoms with Gasteiger partial charge in [0.25, 0.3) is 0 Å². The highest BCUT2D eigenvalue weighted by atomic mass is 16.5. The molecule has 1 aromatic heterocycles. The number of hydrogen-bond acceptors (Lipinski definition) is 7. The molecule has 0 amide bonds. The molecule has 172 valence electrons. The van der Waals surface area contributed by atoms with E-state index in [4.69, 9.17) is 9.72 Å². The maximum Gasteiger partial charge on any atom is 0.161 e. The number of hydrogen-bond donors (Lipinski definition) is 0. The van der Waals surface area contributed by atoms with Crippen molar-refractivity contribution in [1.29, 1.82) is 0 Å². The fourth-order valence-corrected chi connectivity index (χ4v) is 4.91. The number of benzene rings is 1. The van der Waals surface area contributed by atoms with Gasteiger partial charge in [0.1, 0.15) is 5.82 Å². The molecule has 0 unspecified atom stereocenters. The monoisotopic (exact) mass is 436 g/mol. The molecular formula is C25H36N6O. The molecule has 2 fully saturated rings. The first-order valence-electron chi connectivity index (χ1n) is 12.2. The summed E-state index contributed by atoms with van der Waals surface area (Å²) in [6.07, 6.45) is 5.54. The van der Waals surface area contributed by atoms with Gasteiger partial charge in [-0.25, -0.2) is 9.97 Å². The first-order chi connectivity index (χ1) is 15.8. The third-order valence-electron chi connectivity index (χ3n) is 7.04. The summed E-state index contributed by atoms with van der Waals surface area (Å²) in [7, 11) is 2.19. The predicted octanol–water partition coefficient (Wildman–Crippen LogP) is 2.37. The van der Waals surface area contributed by atoms with Gasteiger partial charge < -0.3 is 19.4 Å². The Morgan fingerprint density at radius 1 is 0.875 bits per heavy atom. The van der Waals surface area contributed by atoms with Crippen LogP contribution in [0.1, 0.15) is 18.4 Å². The van der Waals surface area contributed by atoms with E-state index >= 15 is 0 Å². The normalized spacial score (nSPS) is 20.0. The molecule has 0 aliphatic carbocycles. The topological polar surface area (TPSA) is 48.0 Å². The number of likely N-dealkylation sites (N-methyl/N-ethyl adjacent to an activating group) is 1. The Bertz CT molecular complexity index is 875. The highest BCUT2D eigenvalue weighted by Gasteiger charge is 2.22. The maximum atomic E-state index is 5.45. The van der Waals surface area contributed by atoms with E-state index in [2.05, 4.69) is 55.9 Å². The number of nitrogens with zero attached hydrogens (tertiary/aromatic N) is 6. The van der Waals surface area contributed by atoms with Crippen LogP contribution < -0.4 is 9.80 Å². The quantitative estimate of drug-likeness (QED) is 0.618. The van der Waals surface area contributed by atoms with Gasteiger partial charge in [0, 0.05) is 75.4 Å². The largest absolute Gasteiger partial charge is 0.379 e. The molecule has 0 saturated carbocycles. The fourth-order valence-electron chi connectivity index (χ4n) is 4.91. The Hall–Kier alpha value is -2.22. The Morgan fingerprint density at radius 3 is 2.41 bits per heavy atom. The summed E-state index contributed by atoms with van der Waals surface area (Å²) in [5, 5.41) is 0. The third-order valence-corrected chi connectivity index (χ3v) is 7.04. The summed E-state index contributed by atoms with van der Waals surface area (Å²) in [6.45, 7) is 11.7. The summed E-state index contributed by atoms with van der Waals surface area (Å²) >= 11 is 0. The highest BCUT2D eigenvalue weighted by Crippen LogP contribution is 2.29. The lowest BCUT2D eigenvalue weighted by Crippen LogP contribution is -2.44. The number of piperazine rings is 1. The van der Waals surface area contributed by atoms with E-state index in [1.807, 2.05) is 6.20 Å². The smallest absolute Gasteiger partial charge is 0.161 e. The summed E-state index contributed by atoms with van der Waals surface area (Å²) in [6, 6.07) is 8.80. The molecule has 0 bridgehead atoms. The van der Waals surface area contributed by atoms with E-state index in [0.29, 0.717) is 0 Å². The zero-order valence-electron chi connectivity index (χ0n) is 19.4. The Balaban J connectivity index is 1.18. The Labute approximate surface area is 192 Å². The Kier molecular flexibility index (Phi) is 6.86. The second kappa shape index (κ2) is 10.1. The number of ether oxygens (including phenoxy) is 1. The summed E-state index contributed by atoms with van der Waals surface area (Å²) in [4.78, 5) is 19.5. The molecule has 4 heterocycles. The van der Waals surface area contributed by atoms with Crippen LogP contribution in [0.5, 0.6) is 0 Å². The van der Waals surface area contributed by atoms with Crippen molar-refractivity contribution in [2.75, 3.05) is 89.0 Å². The van der Waals surface area contributed by atoms with Gasteiger partial charge in [0.2, 0.25) is 0 Å². The number of anilines is 2. The number of morpholine rings is 1. The second-order valence-corrected chi connectivity index (χ2v) is 9.28.